The minimum Gasteiger partial charge on any atom is -0.492 e. The van der Waals surface area contributed by atoms with Crippen LogP contribution in [-0.4, -0.2) is 18.3 Å². The lowest BCUT2D eigenvalue weighted by molar-refractivity contribution is -0.117. The second-order valence-corrected chi connectivity index (χ2v) is 5.02. The van der Waals surface area contributed by atoms with Crippen molar-refractivity contribution in [3.63, 3.8) is 0 Å². The fourth-order valence-electron chi connectivity index (χ4n) is 2.40. The van der Waals surface area contributed by atoms with Gasteiger partial charge in [0.1, 0.15) is 18.3 Å². The number of amides is 1. The summed E-state index contributed by atoms with van der Waals surface area (Å²) in [6, 6.07) is 14.4. The minimum absolute atomic E-state index is 0.00555. The van der Waals surface area contributed by atoms with Crippen molar-refractivity contribution in [1.29, 1.82) is 0 Å². The molecule has 2 aromatic rings. The van der Waals surface area contributed by atoms with Gasteiger partial charge < -0.3 is 10.1 Å². The number of hydrogen-bond acceptors (Lipinski definition) is 3. The number of carbonyl (C=O) groups is 2. The van der Waals surface area contributed by atoms with Crippen LogP contribution >= 0.6 is 0 Å². The molecule has 1 heterocycles. The number of benzene rings is 2. The van der Waals surface area contributed by atoms with Crippen molar-refractivity contribution in [3.05, 3.63) is 59.7 Å². The zero-order valence-electron chi connectivity index (χ0n) is 11.6. The van der Waals surface area contributed by atoms with Crippen molar-refractivity contribution in [2.45, 2.75) is 12.8 Å². The van der Waals surface area contributed by atoms with E-state index in [0.717, 1.165) is 11.3 Å². The van der Waals surface area contributed by atoms with Crippen LogP contribution in [0.5, 0.6) is 5.75 Å². The molecule has 1 aliphatic heterocycles. The number of anilines is 1. The van der Waals surface area contributed by atoms with Gasteiger partial charge in [0.2, 0.25) is 5.91 Å². The summed E-state index contributed by atoms with van der Waals surface area (Å²) in [5, 5.41) is 2.86. The van der Waals surface area contributed by atoms with E-state index in [4.69, 9.17) is 4.74 Å². The number of nitrogens with one attached hydrogen (secondary N) is 1. The van der Waals surface area contributed by atoms with Crippen LogP contribution in [0.1, 0.15) is 28.8 Å². The van der Waals surface area contributed by atoms with Gasteiger partial charge in [0.25, 0.3) is 0 Å². The highest BCUT2D eigenvalue weighted by molar-refractivity contribution is 5.98. The van der Waals surface area contributed by atoms with Crippen molar-refractivity contribution in [1.82, 2.24) is 0 Å². The zero-order valence-corrected chi connectivity index (χ0v) is 11.6. The number of rotatable bonds is 3. The summed E-state index contributed by atoms with van der Waals surface area (Å²) in [5.41, 5.74) is 2.22. The van der Waals surface area contributed by atoms with Gasteiger partial charge in [-0.2, -0.15) is 0 Å². The Morgan fingerprint density at radius 2 is 1.81 bits per heavy atom. The molecular weight excluding hydrogens is 266 g/mol. The molecule has 2 aromatic carbocycles. The number of fused-ring (bicyclic) bond motifs is 1. The van der Waals surface area contributed by atoms with Gasteiger partial charge in [-0.3, -0.25) is 9.59 Å². The third-order valence-electron chi connectivity index (χ3n) is 3.58. The molecule has 0 saturated carbocycles. The maximum absolute atomic E-state index is 12.3. The van der Waals surface area contributed by atoms with E-state index in [1.165, 1.54) is 6.92 Å². The van der Waals surface area contributed by atoms with Crippen LogP contribution in [0.25, 0.3) is 0 Å². The quantitative estimate of drug-likeness (QED) is 0.880. The fraction of sp³-hybridized carbons (Fsp3) is 0.176. The number of ketones is 1. The molecule has 1 aliphatic rings. The van der Waals surface area contributed by atoms with E-state index in [2.05, 4.69) is 5.32 Å². The molecule has 4 heteroatoms. The first-order valence-electron chi connectivity index (χ1n) is 6.79. The van der Waals surface area contributed by atoms with Crippen molar-refractivity contribution >= 4 is 17.4 Å². The first-order valence-corrected chi connectivity index (χ1v) is 6.79. The van der Waals surface area contributed by atoms with Gasteiger partial charge in [0.05, 0.1) is 0 Å². The van der Waals surface area contributed by atoms with Crippen LogP contribution in [0.3, 0.4) is 0 Å². The first kappa shape index (κ1) is 13.4. The number of carbonyl (C=O) groups excluding carboxylic acids is 2. The molecule has 21 heavy (non-hydrogen) atoms. The summed E-state index contributed by atoms with van der Waals surface area (Å²) in [4.78, 5) is 23.6. The molecule has 1 N–H and O–H groups in total. The summed E-state index contributed by atoms with van der Waals surface area (Å²) in [6.45, 7) is 1.87. The standard InChI is InChI=1S/C17H15NO3/c1-11(19)12-6-8-13(9-7-12)18-17(20)15-10-21-16-5-3-2-4-14(15)16/h2-9,15H,10H2,1H3,(H,18,20). The van der Waals surface area contributed by atoms with Gasteiger partial charge in [0, 0.05) is 16.8 Å². The van der Waals surface area contributed by atoms with Crippen LogP contribution in [0.15, 0.2) is 48.5 Å². The summed E-state index contributed by atoms with van der Waals surface area (Å²) in [5.74, 6) is 0.375. The predicted molar refractivity (Wildman–Crippen MR) is 79.8 cm³/mol. The van der Waals surface area contributed by atoms with E-state index in [9.17, 15) is 9.59 Å². The third-order valence-corrected chi connectivity index (χ3v) is 3.58. The molecule has 0 aromatic heterocycles. The van der Waals surface area contributed by atoms with Gasteiger partial charge in [-0.25, -0.2) is 0 Å². The zero-order chi connectivity index (χ0) is 14.8. The minimum atomic E-state index is -0.298. The lowest BCUT2D eigenvalue weighted by Gasteiger charge is -2.10. The van der Waals surface area contributed by atoms with Crippen LogP contribution in [0.2, 0.25) is 0 Å². The summed E-state index contributed by atoms with van der Waals surface area (Å²) in [7, 11) is 0. The van der Waals surface area contributed by atoms with E-state index < -0.39 is 0 Å². The number of Topliss-reactive ketones (excluding diaryl/α,β-unsaturated/α-hetero) is 1. The van der Waals surface area contributed by atoms with Crippen molar-refractivity contribution < 1.29 is 14.3 Å². The Morgan fingerprint density at radius 1 is 1.10 bits per heavy atom. The van der Waals surface area contributed by atoms with Crippen LogP contribution in [-0.2, 0) is 4.79 Å². The molecule has 0 radical (unpaired) electrons. The molecule has 0 aliphatic carbocycles. The maximum Gasteiger partial charge on any atom is 0.235 e. The molecule has 0 saturated heterocycles. The van der Waals surface area contributed by atoms with Gasteiger partial charge >= 0.3 is 0 Å². The Kier molecular flexibility index (Phi) is 3.44. The smallest absolute Gasteiger partial charge is 0.235 e. The van der Waals surface area contributed by atoms with E-state index in [1.54, 1.807) is 24.3 Å². The molecule has 0 spiro atoms. The Bertz CT molecular complexity index is 691. The molecule has 1 unspecified atom stereocenters. The van der Waals surface area contributed by atoms with Gasteiger partial charge in [-0.05, 0) is 37.3 Å². The van der Waals surface area contributed by atoms with Crippen LogP contribution < -0.4 is 10.1 Å². The molecule has 3 rings (SSSR count). The average molecular weight is 281 g/mol. The molecule has 0 fully saturated rings. The Labute approximate surface area is 122 Å². The third kappa shape index (κ3) is 2.65. The Hall–Kier alpha value is -2.62. The van der Waals surface area contributed by atoms with E-state index in [1.807, 2.05) is 24.3 Å². The lowest BCUT2D eigenvalue weighted by Crippen LogP contribution is -2.22. The fourth-order valence-corrected chi connectivity index (χ4v) is 2.40. The van der Waals surface area contributed by atoms with Gasteiger partial charge in [-0.15, -0.1) is 0 Å². The van der Waals surface area contributed by atoms with Gasteiger partial charge in [-0.1, -0.05) is 18.2 Å². The Balaban J connectivity index is 1.74. The number of para-hydroxylation sites is 1. The van der Waals surface area contributed by atoms with E-state index in [0.29, 0.717) is 17.9 Å². The Morgan fingerprint density at radius 3 is 2.52 bits per heavy atom. The summed E-state index contributed by atoms with van der Waals surface area (Å²) >= 11 is 0. The normalized spacial score (nSPS) is 16.0. The first-order chi connectivity index (χ1) is 10.1. The highest BCUT2D eigenvalue weighted by Crippen LogP contribution is 2.34. The van der Waals surface area contributed by atoms with E-state index >= 15 is 0 Å². The van der Waals surface area contributed by atoms with E-state index in [-0.39, 0.29) is 17.6 Å². The maximum atomic E-state index is 12.3. The van der Waals surface area contributed by atoms with Gasteiger partial charge in [0.15, 0.2) is 5.78 Å². The van der Waals surface area contributed by atoms with Crippen LogP contribution in [0, 0.1) is 0 Å². The topological polar surface area (TPSA) is 55.4 Å². The van der Waals surface area contributed by atoms with Crippen molar-refractivity contribution in [3.8, 4) is 5.75 Å². The molecule has 106 valence electrons. The van der Waals surface area contributed by atoms with Crippen molar-refractivity contribution in [2.24, 2.45) is 0 Å². The largest absolute Gasteiger partial charge is 0.492 e. The predicted octanol–water partition coefficient (Wildman–Crippen LogP) is 3.00. The molecular formula is C17H15NO3. The SMILES string of the molecule is CC(=O)c1ccc(NC(=O)C2COc3ccccc32)cc1. The average Bonchev–Trinajstić information content (AvgIpc) is 2.92. The molecule has 0 bridgehead atoms. The second-order valence-electron chi connectivity index (χ2n) is 5.02. The number of ether oxygens (including phenoxy) is 1. The monoisotopic (exact) mass is 281 g/mol. The highest BCUT2D eigenvalue weighted by Gasteiger charge is 2.29. The number of hydrogen-bond donors (Lipinski definition) is 1. The lowest BCUT2D eigenvalue weighted by atomic mass is 10.0. The summed E-state index contributed by atoms with van der Waals surface area (Å²) in [6.07, 6.45) is 0. The van der Waals surface area contributed by atoms with Crippen molar-refractivity contribution in [2.75, 3.05) is 11.9 Å². The highest BCUT2D eigenvalue weighted by atomic mass is 16.5. The molecule has 4 nitrogen and oxygen atoms in total. The molecule has 1 amide bonds. The van der Waals surface area contributed by atoms with Crippen LogP contribution in [0.4, 0.5) is 5.69 Å². The summed E-state index contributed by atoms with van der Waals surface area (Å²) < 4.78 is 5.51. The second kappa shape index (κ2) is 5.40. The molecule has 1 atom stereocenters.